The molecule has 0 unspecified atom stereocenters. The van der Waals surface area contributed by atoms with Crippen LogP contribution >= 0.6 is 0 Å². The third-order valence-electron chi connectivity index (χ3n) is 3.78. The number of nitrogens with zero attached hydrogens (tertiary/aromatic N) is 2. The van der Waals surface area contributed by atoms with Crippen LogP contribution in [0.1, 0.15) is 35.9 Å². The zero-order valence-electron chi connectivity index (χ0n) is 17.1. The van der Waals surface area contributed by atoms with Gasteiger partial charge >= 0.3 is 5.97 Å². The number of nitrogens with one attached hydrogen (secondary N) is 1. The molecule has 1 heterocycles. The normalized spacial score (nSPS) is 10.6. The largest absolute Gasteiger partial charge is 0.493 e. The first-order valence-electron chi connectivity index (χ1n) is 8.93. The van der Waals surface area contributed by atoms with Crippen LogP contribution in [-0.4, -0.2) is 49.9 Å². The maximum Gasteiger partial charge on any atom is 0.325 e. The van der Waals surface area contributed by atoms with Crippen molar-refractivity contribution in [3.63, 3.8) is 0 Å². The third kappa shape index (κ3) is 6.09. The minimum absolute atomic E-state index is 0.163. The zero-order chi connectivity index (χ0) is 21.4. The lowest BCUT2D eigenvalue weighted by Gasteiger charge is -2.14. The van der Waals surface area contributed by atoms with Crippen molar-refractivity contribution in [3.05, 3.63) is 29.4 Å². The summed E-state index contributed by atoms with van der Waals surface area (Å²) in [4.78, 5) is 28.4. The topological polar surface area (TPSA) is 122 Å². The van der Waals surface area contributed by atoms with Crippen LogP contribution in [0.2, 0.25) is 0 Å². The number of amides is 1. The Bertz CT molecular complexity index is 823. The number of benzene rings is 1. The van der Waals surface area contributed by atoms with E-state index < -0.39 is 11.9 Å². The van der Waals surface area contributed by atoms with Crippen LogP contribution in [0.3, 0.4) is 0 Å². The van der Waals surface area contributed by atoms with Gasteiger partial charge in [-0.1, -0.05) is 19.0 Å². The number of rotatable bonds is 10. The van der Waals surface area contributed by atoms with E-state index in [2.05, 4.69) is 15.5 Å². The Morgan fingerprint density at radius 2 is 1.76 bits per heavy atom. The molecule has 1 aromatic carbocycles. The number of esters is 1. The SMILES string of the molecule is COc1cc(C(=O)NCC(=O)OCc2nc(CC(C)C)no2)cc(OC)c1OC. The van der Waals surface area contributed by atoms with Crippen LogP contribution < -0.4 is 19.5 Å². The Labute approximate surface area is 168 Å². The molecule has 0 aliphatic carbocycles. The molecule has 1 N–H and O–H groups in total. The van der Waals surface area contributed by atoms with Gasteiger partial charge in [0.15, 0.2) is 23.9 Å². The fourth-order valence-electron chi connectivity index (χ4n) is 2.46. The van der Waals surface area contributed by atoms with Crippen LogP contribution in [0.25, 0.3) is 0 Å². The number of methoxy groups -OCH3 is 3. The van der Waals surface area contributed by atoms with Gasteiger partial charge in [-0.3, -0.25) is 9.59 Å². The van der Waals surface area contributed by atoms with Gasteiger partial charge in [0.2, 0.25) is 5.75 Å². The predicted octanol–water partition coefficient (Wildman–Crippen LogP) is 1.77. The molecule has 10 heteroatoms. The van der Waals surface area contributed by atoms with E-state index in [0.29, 0.717) is 35.4 Å². The van der Waals surface area contributed by atoms with Crippen molar-refractivity contribution in [2.45, 2.75) is 26.9 Å². The molecule has 1 amide bonds. The summed E-state index contributed by atoms with van der Waals surface area (Å²) >= 11 is 0. The maximum atomic E-state index is 12.4. The van der Waals surface area contributed by atoms with E-state index in [1.807, 2.05) is 13.8 Å². The first kappa shape index (κ1) is 22.0. The number of aromatic nitrogens is 2. The molecule has 158 valence electrons. The van der Waals surface area contributed by atoms with Crippen LogP contribution in [0, 0.1) is 5.92 Å². The lowest BCUT2D eigenvalue weighted by atomic mass is 10.1. The summed E-state index contributed by atoms with van der Waals surface area (Å²) in [5.41, 5.74) is 0.238. The Balaban J connectivity index is 1.90. The van der Waals surface area contributed by atoms with E-state index in [4.69, 9.17) is 23.5 Å². The van der Waals surface area contributed by atoms with Crippen LogP contribution in [-0.2, 0) is 22.6 Å². The van der Waals surface area contributed by atoms with Gasteiger partial charge in [-0.15, -0.1) is 0 Å². The van der Waals surface area contributed by atoms with E-state index in [0.717, 1.165) is 0 Å². The molecule has 0 atom stereocenters. The van der Waals surface area contributed by atoms with Crippen molar-refractivity contribution in [1.82, 2.24) is 15.5 Å². The Hall–Kier alpha value is -3.30. The Morgan fingerprint density at radius 1 is 1.10 bits per heavy atom. The summed E-state index contributed by atoms with van der Waals surface area (Å²) < 4.78 is 25.7. The molecule has 0 saturated carbocycles. The quantitative estimate of drug-likeness (QED) is 0.587. The van der Waals surface area contributed by atoms with E-state index in [1.54, 1.807) is 0 Å². The average Bonchev–Trinajstić information content (AvgIpc) is 3.15. The molecule has 0 aliphatic rings. The van der Waals surface area contributed by atoms with Gasteiger partial charge in [0.1, 0.15) is 6.54 Å². The molecule has 10 nitrogen and oxygen atoms in total. The molecule has 2 aromatic rings. The fraction of sp³-hybridized carbons (Fsp3) is 0.474. The zero-order valence-corrected chi connectivity index (χ0v) is 17.1. The van der Waals surface area contributed by atoms with Crippen molar-refractivity contribution in [1.29, 1.82) is 0 Å². The van der Waals surface area contributed by atoms with Crippen molar-refractivity contribution in [2.24, 2.45) is 5.92 Å². The summed E-state index contributed by atoms with van der Waals surface area (Å²) in [5.74, 6) is 1.01. The molecule has 0 fully saturated rings. The molecule has 0 aliphatic heterocycles. The van der Waals surface area contributed by atoms with Crippen molar-refractivity contribution in [3.8, 4) is 17.2 Å². The molecule has 2 rings (SSSR count). The second-order valence-corrected chi connectivity index (χ2v) is 6.46. The number of carbonyl (C=O) groups is 2. The van der Waals surface area contributed by atoms with Gasteiger partial charge in [-0.25, -0.2) is 0 Å². The molecule has 29 heavy (non-hydrogen) atoms. The lowest BCUT2D eigenvalue weighted by Crippen LogP contribution is -2.30. The lowest BCUT2D eigenvalue weighted by molar-refractivity contribution is -0.144. The standard InChI is InChI=1S/C19H25N3O7/c1-11(2)6-15-21-16(29-22-15)10-28-17(23)9-20-19(24)12-7-13(25-3)18(27-5)14(8-12)26-4/h7-8,11H,6,9-10H2,1-5H3,(H,20,24). The molecule has 0 radical (unpaired) electrons. The minimum atomic E-state index is -0.644. The smallest absolute Gasteiger partial charge is 0.325 e. The summed E-state index contributed by atoms with van der Waals surface area (Å²) in [6.07, 6.45) is 0.669. The van der Waals surface area contributed by atoms with Crippen LogP contribution in [0.5, 0.6) is 17.2 Å². The summed E-state index contributed by atoms with van der Waals surface area (Å²) in [5, 5.41) is 6.29. The van der Waals surface area contributed by atoms with Gasteiger partial charge in [0.25, 0.3) is 11.8 Å². The van der Waals surface area contributed by atoms with E-state index >= 15 is 0 Å². The monoisotopic (exact) mass is 407 g/mol. The average molecular weight is 407 g/mol. The van der Waals surface area contributed by atoms with Gasteiger partial charge < -0.3 is 28.8 Å². The highest BCUT2D eigenvalue weighted by molar-refractivity contribution is 5.97. The number of carbonyl (C=O) groups excluding carboxylic acids is 2. The molecular formula is C19H25N3O7. The number of hydrogen-bond donors (Lipinski definition) is 1. The Morgan fingerprint density at radius 3 is 2.31 bits per heavy atom. The third-order valence-corrected chi connectivity index (χ3v) is 3.78. The highest BCUT2D eigenvalue weighted by atomic mass is 16.6. The van der Waals surface area contributed by atoms with Crippen LogP contribution in [0.4, 0.5) is 0 Å². The predicted molar refractivity (Wildman–Crippen MR) is 101 cm³/mol. The van der Waals surface area contributed by atoms with Crippen molar-refractivity contribution in [2.75, 3.05) is 27.9 Å². The van der Waals surface area contributed by atoms with E-state index in [1.165, 1.54) is 33.5 Å². The van der Waals surface area contributed by atoms with E-state index in [-0.39, 0.29) is 24.6 Å². The van der Waals surface area contributed by atoms with E-state index in [9.17, 15) is 9.59 Å². The first-order valence-corrected chi connectivity index (χ1v) is 8.93. The first-order chi connectivity index (χ1) is 13.9. The molecule has 1 aromatic heterocycles. The van der Waals surface area contributed by atoms with Gasteiger partial charge in [-0.2, -0.15) is 4.98 Å². The van der Waals surface area contributed by atoms with Gasteiger partial charge in [0, 0.05) is 12.0 Å². The number of ether oxygens (including phenoxy) is 4. The molecule has 0 bridgehead atoms. The number of hydrogen-bond acceptors (Lipinski definition) is 9. The highest BCUT2D eigenvalue weighted by Gasteiger charge is 2.18. The van der Waals surface area contributed by atoms with Gasteiger partial charge in [-0.05, 0) is 18.1 Å². The van der Waals surface area contributed by atoms with Crippen molar-refractivity contribution >= 4 is 11.9 Å². The van der Waals surface area contributed by atoms with Crippen molar-refractivity contribution < 1.29 is 33.1 Å². The molecular weight excluding hydrogens is 382 g/mol. The second-order valence-electron chi connectivity index (χ2n) is 6.46. The summed E-state index contributed by atoms with van der Waals surface area (Å²) in [6.45, 7) is 3.58. The Kier molecular flexibility index (Phi) is 7.81. The summed E-state index contributed by atoms with van der Waals surface area (Å²) in [7, 11) is 4.35. The van der Waals surface area contributed by atoms with Crippen LogP contribution in [0.15, 0.2) is 16.7 Å². The maximum absolute atomic E-state index is 12.4. The highest BCUT2D eigenvalue weighted by Crippen LogP contribution is 2.38. The molecule has 0 saturated heterocycles. The molecule has 0 spiro atoms. The fourth-order valence-corrected chi connectivity index (χ4v) is 2.46. The summed E-state index contributed by atoms with van der Waals surface area (Å²) in [6, 6.07) is 2.97. The van der Waals surface area contributed by atoms with Gasteiger partial charge in [0.05, 0.1) is 21.3 Å². The minimum Gasteiger partial charge on any atom is -0.493 e. The second kappa shape index (κ2) is 10.3.